The lowest BCUT2D eigenvalue weighted by Crippen LogP contribution is -2.14. The Morgan fingerprint density at radius 3 is 2.33 bits per heavy atom. The second-order valence-electron chi connectivity index (χ2n) is 5.85. The van der Waals surface area contributed by atoms with Gasteiger partial charge in [-0.3, -0.25) is 4.79 Å². The van der Waals surface area contributed by atoms with Crippen molar-refractivity contribution in [2.45, 2.75) is 12.8 Å². The number of carboxylic acids is 1. The van der Waals surface area contributed by atoms with E-state index < -0.39 is 5.97 Å². The zero-order valence-electron chi connectivity index (χ0n) is 14.0. The van der Waals surface area contributed by atoms with Crippen molar-refractivity contribution in [3.8, 4) is 11.1 Å². The number of benzene rings is 2. The molecule has 3 aromatic rings. The van der Waals surface area contributed by atoms with E-state index in [2.05, 4.69) is 5.32 Å². The maximum absolute atomic E-state index is 12.3. The molecule has 2 N–H and O–H groups in total. The van der Waals surface area contributed by atoms with Crippen molar-refractivity contribution in [2.24, 2.45) is 0 Å². The second kappa shape index (κ2) is 8.57. The largest absolute Gasteiger partial charge is 0.478 e. The molecule has 0 radical (unpaired) electrons. The number of carboxylic acid groups (broad SMARTS) is 1. The average molecular weight is 420 g/mol. The summed E-state index contributed by atoms with van der Waals surface area (Å²) < 4.78 is 0. The van der Waals surface area contributed by atoms with E-state index in [0.717, 1.165) is 16.9 Å². The highest BCUT2D eigenvalue weighted by atomic mass is 35.5. The third kappa shape index (κ3) is 4.89. The molecular weight excluding hydrogens is 405 g/mol. The lowest BCUT2D eigenvalue weighted by molar-refractivity contribution is -0.116. The fourth-order valence-electron chi connectivity index (χ4n) is 2.68. The first-order valence-corrected chi connectivity index (χ1v) is 9.72. The van der Waals surface area contributed by atoms with E-state index in [0.29, 0.717) is 32.6 Å². The van der Waals surface area contributed by atoms with Gasteiger partial charge in [0, 0.05) is 27.4 Å². The lowest BCUT2D eigenvalue weighted by atomic mass is 10.0. The van der Waals surface area contributed by atoms with Gasteiger partial charge in [-0.2, -0.15) is 0 Å². The Balaban J connectivity index is 1.81. The Morgan fingerprint density at radius 2 is 1.70 bits per heavy atom. The molecule has 2 aromatic carbocycles. The highest BCUT2D eigenvalue weighted by molar-refractivity contribution is 7.15. The number of aryl methyl sites for hydroxylation is 1. The van der Waals surface area contributed by atoms with Gasteiger partial charge in [-0.25, -0.2) is 4.79 Å². The summed E-state index contributed by atoms with van der Waals surface area (Å²) >= 11 is 13.2. The van der Waals surface area contributed by atoms with Gasteiger partial charge in [0.15, 0.2) is 0 Å². The summed E-state index contributed by atoms with van der Waals surface area (Å²) in [7, 11) is 0. The predicted octanol–water partition coefficient (Wildman–Crippen LogP) is 5.99. The molecule has 0 aliphatic carbocycles. The first-order valence-electron chi connectivity index (χ1n) is 8.09. The van der Waals surface area contributed by atoms with Crippen LogP contribution in [0.4, 0.5) is 5.00 Å². The molecule has 1 aromatic heterocycles. The molecule has 3 rings (SSSR count). The van der Waals surface area contributed by atoms with Gasteiger partial charge in [0.2, 0.25) is 5.91 Å². The number of rotatable bonds is 6. The topological polar surface area (TPSA) is 66.4 Å². The van der Waals surface area contributed by atoms with Gasteiger partial charge >= 0.3 is 5.97 Å². The van der Waals surface area contributed by atoms with Gasteiger partial charge in [-0.05, 0) is 35.7 Å². The molecule has 0 atom stereocenters. The quantitative estimate of drug-likeness (QED) is 0.515. The number of carbonyl (C=O) groups is 2. The van der Waals surface area contributed by atoms with Crippen molar-refractivity contribution < 1.29 is 14.7 Å². The summed E-state index contributed by atoms with van der Waals surface area (Å²) in [5, 5.41) is 15.2. The van der Waals surface area contributed by atoms with E-state index >= 15 is 0 Å². The number of halogens is 2. The molecule has 0 spiro atoms. The van der Waals surface area contributed by atoms with Crippen LogP contribution in [0, 0.1) is 0 Å². The summed E-state index contributed by atoms with van der Waals surface area (Å²) in [5.74, 6) is -1.36. The molecule has 0 aliphatic heterocycles. The SMILES string of the molecule is O=C(CCc1ccccc1)Nc1scc(-c2cc(Cl)cc(Cl)c2)c1C(=O)O. The van der Waals surface area contributed by atoms with Gasteiger partial charge in [0.1, 0.15) is 10.6 Å². The summed E-state index contributed by atoms with van der Waals surface area (Å²) in [5.41, 5.74) is 2.14. The summed E-state index contributed by atoms with van der Waals surface area (Å²) in [4.78, 5) is 24.1. The molecule has 1 amide bonds. The third-order valence-corrected chi connectivity index (χ3v) is 5.25. The normalized spacial score (nSPS) is 10.6. The first kappa shape index (κ1) is 19.4. The molecule has 0 unspecified atom stereocenters. The Bertz CT molecular complexity index is 966. The number of amides is 1. The van der Waals surface area contributed by atoms with E-state index in [1.165, 1.54) is 0 Å². The van der Waals surface area contributed by atoms with E-state index in [1.807, 2.05) is 30.3 Å². The molecule has 27 heavy (non-hydrogen) atoms. The van der Waals surface area contributed by atoms with Crippen LogP contribution in [0.3, 0.4) is 0 Å². The maximum Gasteiger partial charge on any atom is 0.339 e. The Kier molecular flexibility index (Phi) is 6.16. The van der Waals surface area contributed by atoms with Gasteiger partial charge in [-0.15, -0.1) is 11.3 Å². The standard InChI is InChI=1S/C20H15Cl2NO3S/c21-14-8-13(9-15(22)10-14)16-11-27-19(18(16)20(25)26)23-17(24)7-6-12-4-2-1-3-5-12/h1-5,8-11H,6-7H2,(H,23,24)(H,25,26). The van der Waals surface area contributed by atoms with E-state index in [-0.39, 0.29) is 17.9 Å². The predicted molar refractivity (Wildman–Crippen MR) is 110 cm³/mol. The second-order valence-corrected chi connectivity index (χ2v) is 7.60. The number of hydrogen-bond acceptors (Lipinski definition) is 3. The Labute approximate surface area is 170 Å². The molecule has 0 fully saturated rings. The number of aromatic carboxylic acids is 1. The summed E-state index contributed by atoms with van der Waals surface area (Å²) in [6.45, 7) is 0. The highest BCUT2D eigenvalue weighted by Gasteiger charge is 2.21. The Hall–Kier alpha value is -2.34. The molecule has 0 aliphatic rings. The summed E-state index contributed by atoms with van der Waals surface area (Å²) in [6, 6.07) is 14.5. The number of hydrogen-bond donors (Lipinski definition) is 2. The molecule has 138 valence electrons. The van der Waals surface area contributed by atoms with Crippen LogP contribution in [-0.2, 0) is 11.2 Å². The van der Waals surface area contributed by atoms with Gasteiger partial charge in [-0.1, -0.05) is 53.5 Å². The molecule has 0 saturated carbocycles. The van der Waals surface area contributed by atoms with Crippen LogP contribution in [0.1, 0.15) is 22.3 Å². The minimum atomic E-state index is -1.12. The fraction of sp³-hybridized carbons (Fsp3) is 0.100. The average Bonchev–Trinajstić information content (AvgIpc) is 3.04. The van der Waals surface area contributed by atoms with Crippen LogP contribution >= 0.6 is 34.5 Å². The number of nitrogens with one attached hydrogen (secondary N) is 1. The van der Waals surface area contributed by atoms with Crippen molar-refractivity contribution in [1.82, 2.24) is 0 Å². The third-order valence-electron chi connectivity index (χ3n) is 3.91. The minimum absolute atomic E-state index is 0.0337. The van der Waals surface area contributed by atoms with E-state index in [4.69, 9.17) is 23.2 Å². The van der Waals surface area contributed by atoms with Crippen molar-refractivity contribution in [1.29, 1.82) is 0 Å². The molecule has 0 bridgehead atoms. The number of thiophene rings is 1. The van der Waals surface area contributed by atoms with E-state index in [9.17, 15) is 14.7 Å². The van der Waals surface area contributed by atoms with Crippen LogP contribution in [0.15, 0.2) is 53.9 Å². The zero-order chi connectivity index (χ0) is 19.4. The molecule has 1 heterocycles. The Morgan fingerprint density at radius 1 is 1.04 bits per heavy atom. The van der Waals surface area contributed by atoms with Crippen molar-refractivity contribution in [2.75, 3.05) is 5.32 Å². The molecule has 4 nitrogen and oxygen atoms in total. The van der Waals surface area contributed by atoms with Crippen LogP contribution in [-0.4, -0.2) is 17.0 Å². The van der Waals surface area contributed by atoms with Crippen molar-refractivity contribution >= 4 is 51.4 Å². The fourth-order valence-corrected chi connectivity index (χ4v) is 4.18. The van der Waals surface area contributed by atoms with Crippen LogP contribution in [0.5, 0.6) is 0 Å². The van der Waals surface area contributed by atoms with Crippen molar-refractivity contribution in [3.05, 3.63) is 75.1 Å². The number of anilines is 1. The smallest absolute Gasteiger partial charge is 0.339 e. The number of carbonyl (C=O) groups excluding carboxylic acids is 1. The monoisotopic (exact) mass is 419 g/mol. The van der Waals surface area contributed by atoms with Gasteiger partial charge < -0.3 is 10.4 Å². The lowest BCUT2D eigenvalue weighted by Gasteiger charge is -2.07. The van der Waals surface area contributed by atoms with Crippen LogP contribution in [0.2, 0.25) is 10.0 Å². The minimum Gasteiger partial charge on any atom is -0.478 e. The maximum atomic E-state index is 12.3. The van der Waals surface area contributed by atoms with Gasteiger partial charge in [0.25, 0.3) is 0 Å². The van der Waals surface area contributed by atoms with Gasteiger partial charge in [0.05, 0.1) is 0 Å². The zero-order valence-corrected chi connectivity index (χ0v) is 16.4. The molecule has 7 heteroatoms. The van der Waals surface area contributed by atoms with Crippen LogP contribution in [0.25, 0.3) is 11.1 Å². The van der Waals surface area contributed by atoms with Crippen molar-refractivity contribution in [3.63, 3.8) is 0 Å². The van der Waals surface area contributed by atoms with Crippen LogP contribution < -0.4 is 5.32 Å². The summed E-state index contributed by atoms with van der Waals surface area (Å²) in [6.07, 6.45) is 0.844. The highest BCUT2D eigenvalue weighted by Crippen LogP contribution is 2.37. The molecule has 0 saturated heterocycles. The first-order chi connectivity index (χ1) is 12.9. The van der Waals surface area contributed by atoms with E-state index in [1.54, 1.807) is 23.6 Å². The molecular formula is C20H15Cl2NO3S.